The van der Waals surface area contributed by atoms with Crippen molar-refractivity contribution in [1.29, 1.82) is 0 Å². The molecule has 0 bridgehead atoms. The summed E-state index contributed by atoms with van der Waals surface area (Å²) in [5.74, 6) is -0.840. The number of carboxylic acids is 1. The molecule has 0 aliphatic carbocycles. The van der Waals surface area contributed by atoms with Crippen molar-refractivity contribution in [3.63, 3.8) is 0 Å². The molecule has 0 atom stereocenters. The maximum Gasteiger partial charge on any atom is 0.315 e. The van der Waals surface area contributed by atoms with Crippen molar-refractivity contribution in [3.8, 4) is 0 Å². The van der Waals surface area contributed by atoms with Crippen LogP contribution in [0.5, 0.6) is 0 Å². The molecule has 0 unspecified atom stereocenters. The largest absolute Gasteiger partial charge is 0.481 e. The van der Waals surface area contributed by atoms with Crippen molar-refractivity contribution >= 4 is 33.8 Å². The maximum absolute atomic E-state index is 11.3. The van der Waals surface area contributed by atoms with Gasteiger partial charge in [-0.1, -0.05) is 0 Å². The van der Waals surface area contributed by atoms with E-state index < -0.39 is 11.4 Å². The smallest absolute Gasteiger partial charge is 0.315 e. The van der Waals surface area contributed by atoms with Crippen LogP contribution in [-0.4, -0.2) is 22.6 Å². The van der Waals surface area contributed by atoms with Crippen molar-refractivity contribution in [2.24, 2.45) is 0 Å². The SMILES string of the molecule is CC(C)(C(=O)O)c1csc(N2CCc3sccc3C2)n1. The van der Waals surface area contributed by atoms with Crippen LogP contribution in [0.4, 0.5) is 5.13 Å². The zero-order valence-electron chi connectivity index (χ0n) is 11.4. The van der Waals surface area contributed by atoms with Crippen molar-refractivity contribution in [2.45, 2.75) is 32.2 Å². The van der Waals surface area contributed by atoms with E-state index in [1.54, 1.807) is 13.8 Å². The Kier molecular flexibility index (Phi) is 3.30. The Balaban J connectivity index is 1.83. The number of aromatic nitrogens is 1. The number of aliphatic carboxylic acids is 1. The van der Waals surface area contributed by atoms with E-state index in [1.807, 2.05) is 16.7 Å². The van der Waals surface area contributed by atoms with Crippen LogP contribution in [0.1, 0.15) is 30.0 Å². The van der Waals surface area contributed by atoms with Crippen molar-refractivity contribution in [1.82, 2.24) is 4.98 Å². The standard InChI is InChI=1S/C14H16N2O2S2/c1-14(2,12(17)18)11-8-20-13(15-11)16-5-3-10-9(7-16)4-6-19-10/h4,6,8H,3,5,7H2,1-2H3,(H,17,18). The Morgan fingerprint density at radius 2 is 2.25 bits per heavy atom. The molecule has 3 heterocycles. The van der Waals surface area contributed by atoms with E-state index in [9.17, 15) is 9.90 Å². The van der Waals surface area contributed by atoms with Gasteiger partial charge in [0.25, 0.3) is 0 Å². The second-order valence-electron chi connectivity index (χ2n) is 5.49. The summed E-state index contributed by atoms with van der Waals surface area (Å²) in [5, 5.41) is 14.2. The van der Waals surface area contributed by atoms with Crippen LogP contribution < -0.4 is 4.90 Å². The first-order valence-corrected chi connectivity index (χ1v) is 8.24. The number of rotatable bonds is 3. The molecule has 106 valence electrons. The number of hydrogen-bond donors (Lipinski definition) is 1. The highest BCUT2D eigenvalue weighted by atomic mass is 32.1. The van der Waals surface area contributed by atoms with Gasteiger partial charge in [-0.2, -0.15) is 0 Å². The van der Waals surface area contributed by atoms with E-state index in [4.69, 9.17) is 0 Å². The third kappa shape index (κ3) is 2.23. The van der Waals surface area contributed by atoms with Crippen LogP contribution in [0, 0.1) is 0 Å². The zero-order chi connectivity index (χ0) is 14.3. The molecule has 0 spiro atoms. The number of thiazole rings is 1. The lowest BCUT2D eigenvalue weighted by molar-refractivity contribution is -0.142. The summed E-state index contributed by atoms with van der Waals surface area (Å²) >= 11 is 3.35. The number of carbonyl (C=O) groups is 1. The minimum atomic E-state index is -0.932. The molecule has 3 rings (SSSR count). The highest BCUT2D eigenvalue weighted by molar-refractivity contribution is 7.13. The van der Waals surface area contributed by atoms with Crippen LogP contribution in [0.2, 0.25) is 0 Å². The van der Waals surface area contributed by atoms with Crippen LogP contribution in [0.3, 0.4) is 0 Å². The molecule has 0 saturated heterocycles. The Bertz CT molecular complexity index is 645. The Labute approximate surface area is 125 Å². The third-order valence-corrected chi connectivity index (χ3v) is 5.67. The van der Waals surface area contributed by atoms with E-state index in [1.165, 1.54) is 21.8 Å². The van der Waals surface area contributed by atoms with Gasteiger partial charge in [-0.15, -0.1) is 22.7 Å². The van der Waals surface area contributed by atoms with Gasteiger partial charge < -0.3 is 10.0 Å². The number of fused-ring (bicyclic) bond motifs is 1. The molecule has 1 aliphatic heterocycles. The first-order chi connectivity index (χ1) is 9.48. The molecule has 6 heteroatoms. The maximum atomic E-state index is 11.3. The Morgan fingerprint density at radius 1 is 1.45 bits per heavy atom. The minimum absolute atomic E-state index is 0.640. The normalized spacial score (nSPS) is 15.2. The van der Waals surface area contributed by atoms with Gasteiger partial charge in [-0.25, -0.2) is 4.98 Å². The topological polar surface area (TPSA) is 53.4 Å². The van der Waals surface area contributed by atoms with E-state index in [-0.39, 0.29) is 0 Å². The fourth-order valence-corrected chi connectivity index (χ4v) is 4.13. The summed E-state index contributed by atoms with van der Waals surface area (Å²) in [4.78, 5) is 19.5. The van der Waals surface area contributed by atoms with Crippen molar-refractivity contribution < 1.29 is 9.90 Å². The van der Waals surface area contributed by atoms with Gasteiger partial charge in [0.15, 0.2) is 5.13 Å². The molecule has 0 aromatic carbocycles. The zero-order valence-corrected chi connectivity index (χ0v) is 13.1. The lowest BCUT2D eigenvalue weighted by Gasteiger charge is -2.26. The number of hydrogen-bond acceptors (Lipinski definition) is 5. The summed E-state index contributed by atoms with van der Waals surface area (Å²) in [6.45, 7) is 5.22. The monoisotopic (exact) mass is 308 g/mol. The lowest BCUT2D eigenvalue weighted by atomic mass is 9.90. The van der Waals surface area contributed by atoms with E-state index in [0.29, 0.717) is 5.69 Å². The molecule has 2 aromatic rings. The second kappa shape index (κ2) is 4.86. The van der Waals surface area contributed by atoms with Gasteiger partial charge in [-0.3, -0.25) is 4.79 Å². The van der Waals surface area contributed by atoms with Crippen molar-refractivity contribution in [2.75, 3.05) is 11.4 Å². The predicted molar refractivity (Wildman–Crippen MR) is 81.8 cm³/mol. The first kappa shape index (κ1) is 13.6. The molecular formula is C14H16N2O2S2. The van der Waals surface area contributed by atoms with E-state index in [0.717, 1.165) is 24.6 Å². The average Bonchev–Trinajstić information content (AvgIpc) is 3.06. The number of thiophene rings is 1. The fourth-order valence-electron chi connectivity index (χ4n) is 2.22. The summed E-state index contributed by atoms with van der Waals surface area (Å²) in [7, 11) is 0. The van der Waals surface area contributed by atoms with Crippen LogP contribution in [-0.2, 0) is 23.2 Å². The summed E-state index contributed by atoms with van der Waals surface area (Å²) in [6, 6.07) is 2.17. The number of nitrogens with zero attached hydrogens (tertiary/aromatic N) is 2. The van der Waals surface area contributed by atoms with Gasteiger partial charge >= 0.3 is 5.97 Å². The highest BCUT2D eigenvalue weighted by Crippen LogP contribution is 2.33. The summed E-state index contributed by atoms with van der Waals surface area (Å²) in [5.41, 5.74) is 1.08. The third-order valence-electron chi connectivity index (χ3n) is 3.75. The summed E-state index contributed by atoms with van der Waals surface area (Å²) in [6.07, 6.45) is 1.05. The van der Waals surface area contributed by atoms with Crippen LogP contribution >= 0.6 is 22.7 Å². The second-order valence-corrected chi connectivity index (χ2v) is 7.32. The average molecular weight is 308 g/mol. The Morgan fingerprint density at radius 3 is 3.00 bits per heavy atom. The molecule has 2 aromatic heterocycles. The van der Waals surface area contributed by atoms with Crippen LogP contribution in [0.15, 0.2) is 16.8 Å². The van der Waals surface area contributed by atoms with Gasteiger partial charge in [0.1, 0.15) is 5.41 Å². The van der Waals surface area contributed by atoms with Gasteiger partial charge in [0.2, 0.25) is 0 Å². The predicted octanol–water partition coefficient (Wildman–Crippen LogP) is 3.13. The molecule has 0 radical (unpaired) electrons. The summed E-state index contributed by atoms with van der Waals surface area (Å²) < 4.78 is 0. The highest BCUT2D eigenvalue weighted by Gasteiger charge is 2.33. The molecule has 1 aliphatic rings. The first-order valence-electron chi connectivity index (χ1n) is 6.48. The molecule has 0 amide bonds. The molecule has 20 heavy (non-hydrogen) atoms. The Hall–Kier alpha value is -1.40. The fraction of sp³-hybridized carbons (Fsp3) is 0.429. The van der Waals surface area contributed by atoms with Crippen molar-refractivity contribution in [3.05, 3.63) is 33.0 Å². The molecule has 4 nitrogen and oxygen atoms in total. The van der Waals surface area contributed by atoms with Gasteiger partial charge in [0.05, 0.1) is 5.69 Å². The number of carboxylic acid groups (broad SMARTS) is 1. The van der Waals surface area contributed by atoms with E-state index >= 15 is 0 Å². The minimum Gasteiger partial charge on any atom is -0.481 e. The van der Waals surface area contributed by atoms with Gasteiger partial charge in [0, 0.05) is 23.3 Å². The number of anilines is 1. The molecule has 1 N–H and O–H groups in total. The molecule has 0 saturated carbocycles. The van der Waals surface area contributed by atoms with E-state index in [2.05, 4.69) is 21.3 Å². The lowest BCUT2D eigenvalue weighted by Crippen LogP contribution is -2.31. The van der Waals surface area contributed by atoms with Gasteiger partial charge in [-0.05, 0) is 37.3 Å². The molecular weight excluding hydrogens is 292 g/mol. The molecule has 0 fully saturated rings. The van der Waals surface area contributed by atoms with Crippen LogP contribution in [0.25, 0.3) is 0 Å². The quantitative estimate of drug-likeness (QED) is 0.946.